The zero-order valence-corrected chi connectivity index (χ0v) is 8.64. The fourth-order valence-electron chi connectivity index (χ4n) is 1.49. The Morgan fingerprint density at radius 1 is 1.62 bits per heavy atom. The van der Waals surface area contributed by atoms with Crippen molar-refractivity contribution in [2.75, 3.05) is 13.2 Å². The molecule has 2 nitrogen and oxygen atoms in total. The second kappa shape index (κ2) is 3.96. The standard InChI is InChI=1S/C9H11ClO2S/c10-7-1-2-13-9(7)3-6-4-12-5-8(6)11/h1-2,6,8,11H,3-5H2/t6-,8-/m1/s1. The van der Waals surface area contributed by atoms with E-state index in [-0.39, 0.29) is 12.0 Å². The molecule has 2 heterocycles. The van der Waals surface area contributed by atoms with Crippen LogP contribution in [0.2, 0.25) is 5.02 Å². The summed E-state index contributed by atoms with van der Waals surface area (Å²) >= 11 is 7.59. The van der Waals surface area contributed by atoms with Crippen molar-refractivity contribution in [3.63, 3.8) is 0 Å². The highest BCUT2D eigenvalue weighted by molar-refractivity contribution is 7.10. The normalized spacial score (nSPS) is 28.2. The SMILES string of the molecule is O[C@@H]1COC[C@H]1Cc1sccc1Cl. The molecule has 72 valence electrons. The maximum atomic E-state index is 9.52. The number of aliphatic hydroxyl groups is 1. The molecule has 0 amide bonds. The number of rotatable bonds is 2. The predicted octanol–water partition coefficient (Wildman–Crippen LogP) is 1.95. The summed E-state index contributed by atoms with van der Waals surface area (Å²) in [6, 6.07) is 1.89. The maximum absolute atomic E-state index is 9.52. The van der Waals surface area contributed by atoms with E-state index in [2.05, 4.69) is 0 Å². The van der Waals surface area contributed by atoms with Crippen LogP contribution in [0.15, 0.2) is 11.4 Å². The Balaban J connectivity index is 2.01. The van der Waals surface area contributed by atoms with Crippen LogP contribution < -0.4 is 0 Å². The van der Waals surface area contributed by atoms with Gasteiger partial charge in [0, 0.05) is 10.8 Å². The van der Waals surface area contributed by atoms with Gasteiger partial charge in [-0.3, -0.25) is 0 Å². The third kappa shape index (κ3) is 2.05. The molecule has 2 atom stereocenters. The fraction of sp³-hybridized carbons (Fsp3) is 0.556. The fourth-order valence-corrected chi connectivity index (χ4v) is 2.70. The van der Waals surface area contributed by atoms with Crippen molar-refractivity contribution in [3.05, 3.63) is 21.3 Å². The first-order valence-corrected chi connectivity index (χ1v) is 5.51. The van der Waals surface area contributed by atoms with Gasteiger partial charge in [-0.25, -0.2) is 0 Å². The lowest BCUT2D eigenvalue weighted by Crippen LogP contribution is -2.19. The van der Waals surface area contributed by atoms with Crippen molar-refractivity contribution >= 4 is 22.9 Å². The third-order valence-electron chi connectivity index (χ3n) is 2.30. The van der Waals surface area contributed by atoms with E-state index in [4.69, 9.17) is 16.3 Å². The Morgan fingerprint density at radius 3 is 3.00 bits per heavy atom. The number of thiophene rings is 1. The van der Waals surface area contributed by atoms with Crippen molar-refractivity contribution in [2.24, 2.45) is 5.92 Å². The van der Waals surface area contributed by atoms with Gasteiger partial charge in [-0.05, 0) is 17.9 Å². The highest BCUT2D eigenvalue weighted by atomic mass is 35.5. The molecule has 13 heavy (non-hydrogen) atoms. The minimum Gasteiger partial charge on any atom is -0.390 e. The number of hydrogen-bond acceptors (Lipinski definition) is 3. The van der Waals surface area contributed by atoms with E-state index in [0.29, 0.717) is 13.2 Å². The molecule has 4 heteroatoms. The Kier molecular flexibility index (Phi) is 2.89. The van der Waals surface area contributed by atoms with Crippen LogP contribution in [0, 0.1) is 5.92 Å². The second-order valence-electron chi connectivity index (χ2n) is 3.26. The van der Waals surface area contributed by atoms with Crippen LogP contribution >= 0.6 is 22.9 Å². The molecular formula is C9H11ClO2S. The predicted molar refractivity (Wildman–Crippen MR) is 53.3 cm³/mol. The molecule has 1 aliphatic rings. The largest absolute Gasteiger partial charge is 0.390 e. The molecule has 1 saturated heterocycles. The summed E-state index contributed by atoms with van der Waals surface area (Å²) in [5.41, 5.74) is 0. The van der Waals surface area contributed by atoms with Crippen LogP contribution in [-0.2, 0) is 11.2 Å². The van der Waals surface area contributed by atoms with Crippen molar-refractivity contribution in [1.29, 1.82) is 0 Å². The number of aliphatic hydroxyl groups excluding tert-OH is 1. The van der Waals surface area contributed by atoms with E-state index in [0.717, 1.165) is 16.3 Å². The lowest BCUT2D eigenvalue weighted by atomic mass is 10.0. The summed E-state index contributed by atoms with van der Waals surface area (Å²) in [7, 11) is 0. The summed E-state index contributed by atoms with van der Waals surface area (Å²) < 4.78 is 5.17. The molecule has 1 aliphatic heterocycles. The van der Waals surface area contributed by atoms with Gasteiger partial charge in [0.2, 0.25) is 0 Å². The molecule has 1 aromatic heterocycles. The van der Waals surface area contributed by atoms with Crippen molar-refractivity contribution in [3.8, 4) is 0 Å². The van der Waals surface area contributed by atoms with E-state index in [1.54, 1.807) is 11.3 Å². The average Bonchev–Trinajstić information content (AvgIpc) is 2.65. The van der Waals surface area contributed by atoms with Crippen LogP contribution in [0.3, 0.4) is 0 Å². The van der Waals surface area contributed by atoms with Crippen molar-refractivity contribution in [2.45, 2.75) is 12.5 Å². The zero-order valence-electron chi connectivity index (χ0n) is 7.07. The molecule has 1 aromatic rings. The third-order valence-corrected chi connectivity index (χ3v) is 3.71. The van der Waals surface area contributed by atoms with Gasteiger partial charge in [0.05, 0.1) is 24.3 Å². The van der Waals surface area contributed by atoms with E-state index >= 15 is 0 Å². The molecule has 0 aliphatic carbocycles. The highest BCUT2D eigenvalue weighted by Crippen LogP contribution is 2.27. The van der Waals surface area contributed by atoms with Crippen LogP contribution in [0.5, 0.6) is 0 Å². The Bertz CT molecular complexity index is 287. The second-order valence-corrected chi connectivity index (χ2v) is 4.67. The summed E-state index contributed by atoms with van der Waals surface area (Å²) in [6.07, 6.45) is 0.510. The monoisotopic (exact) mass is 218 g/mol. The highest BCUT2D eigenvalue weighted by Gasteiger charge is 2.27. The molecule has 0 spiro atoms. The summed E-state index contributed by atoms with van der Waals surface area (Å²) in [4.78, 5) is 1.15. The molecule has 2 rings (SSSR count). The van der Waals surface area contributed by atoms with Crippen molar-refractivity contribution < 1.29 is 9.84 Å². The molecule has 1 N–H and O–H groups in total. The van der Waals surface area contributed by atoms with Crippen molar-refractivity contribution in [1.82, 2.24) is 0 Å². The Morgan fingerprint density at radius 2 is 2.46 bits per heavy atom. The molecular weight excluding hydrogens is 208 g/mol. The van der Waals surface area contributed by atoms with Crippen LogP contribution in [0.4, 0.5) is 0 Å². The molecule has 0 radical (unpaired) electrons. The maximum Gasteiger partial charge on any atom is 0.0827 e. The summed E-state index contributed by atoms with van der Waals surface area (Å²) in [5.74, 6) is 0.219. The molecule has 0 aromatic carbocycles. The molecule has 0 saturated carbocycles. The van der Waals surface area contributed by atoms with Gasteiger partial charge >= 0.3 is 0 Å². The van der Waals surface area contributed by atoms with Crippen LogP contribution in [0.1, 0.15) is 4.88 Å². The molecule has 0 unspecified atom stereocenters. The molecule has 1 fully saturated rings. The minimum atomic E-state index is -0.321. The van der Waals surface area contributed by atoms with Gasteiger partial charge in [0.15, 0.2) is 0 Å². The van der Waals surface area contributed by atoms with Gasteiger partial charge in [-0.15, -0.1) is 11.3 Å². The smallest absolute Gasteiger partial charge is 0.0827 e. The van der Waals surface area contributed by atoms with E-state index < -0.39 is 0 Å². The quantitative estimate of drug-likeness (QED) is 0.823. The topological polar surface area (TPSA) is 29.5 Å². The lowest BCUT2D eigenvalue weighted by Gasteiger charge is -2.10. The minimum absolute atomic E-state index is 0.219. The van der Waals surface area contributed by atoms with Crippen LogP contribution in [-0.4, -0.2) is 24.4 Å². The zero-order chi connectivity index (χ0) is 9.26. The van der Waals surface area contributed by atoms with Gasteiger partial charge in [-0.2, -0.15) is 0 Å². The number of hydrogen-bond donors (Lipinski definition) is 1. The first kappa shape index (κ1) is 9.46. The average molecular weight is 219 g/mol. The van der Waals surface area contributed by atoms with Gasteiger partial charge in [-0.1, -0.05) is 11.6 Å². The Hall–Kier alpha value is -0.0900. The number of ether oxygens (including phenoxy) is 1. The van der Waals surface area contributed by atoms with Gasteiger partial charge in [0.1, 0.15) is 0 Å². The summed E-state index contributed by atoms with van der Waals surface area (Å²) in [6.45, 7) is 1.11. The first-order valence-electron chi connectivity index (χ1n) is 4.25. The summed E-state index contributed by atoms with van der Waals surface area (Å²) in [5, 5.41) is 12.3. The lowest BCUT2D eigenvalue weighted by molar-refractivity contribution is 0.118. The first-order chi connectivity index (χ1) is 6.27. The van der Waals surface area contributed by atoms with Gasteiger partial charge < -0.3 is 9.84 Å². The van der Waals surface area contributed by atoms with E-state index in [1.165, 1.54) is 0 Å². The molecule has 0 bridgehead atoms. The van der Waals surface area contributed by atoms with E-state index in [9.17, 15) is 5.11 Å². The van der Waals surface area contributed by atoms with E-state index in [1.807, 2.05) is 11.4 Å². The Labute approximate surface area is 86.1 Å². The van der Waals surface area contributed by atoms with Gasteiger partial charge in [0.25, 0.3) is 0 Å². The van der Waals surface area contributed by atoms with Crippen LogP contribution in [0.25, 0.3) is 0 Å². The number of halogens is 1.